The van der Waals surface area contributed by atoms with E-state index in [1.54, 1.807) is 6.26 Å². The van der Waals surface area contributed by atoms with Crippen LogP contribution in [0.1, 0.15) is 42.6 Å². The first-order valence-corrected chi connectivity index (χ1v) is 8.19. The molecule has 0 saturated heterocycles. The van der Waals surface area contributed by atoms with Crippen LogP contribution in [0, 0.1) is 13.8 Å². The van der Waals surface area contributed by atoms with E-state index in [9.17, 15) is 0 Å². The molecule has 2 rings (SSSR count). The summed E-state index contributed by atoms with van der Waals surface area (Å²) in [6, 6.07) is 10.2. The normalized spacial score (nSPS) is 10.8. The van der Waals surface area contributed by atoms with E-state index in [-0.39, 0.29) is 0 Å². The van der Waals surface area contributed by atoms with Crippen molar-refractivity contribution in [1.29, 1.82) is 0 Å². The number of hydrogen-bond donors (Lipinski definition) is 1. The van der Waals surface area contributed by atoms with Gasteiger partial charge in [-0.3, -0.25) is 0 Å². The quantitative estimate of drug-likeness (QED) is 0.650. The predicted octanol–water partition coefficient (Wildman–Crippen LogP) is 4.63. The second kappa shape index (κ2) is 9.31. The molecular formula is C19H27NO2. The van der Waals surface area contributed by atoms with E-state index < -0.39 is 0 Å². The van der Waals surface area contributed by atoms with Crippen LogP contribution in [0.25, 0.3) is 0 Å². The number of ether oxygens (including phenoxy) is 1. The van der Waals surface area contributed by atoms with Crippen LogP contribution in [0.15, 0.2) is 41.0 Å². The van der Waals surface area contributed by atoms with Crippen LogP contribution in [-0.2, 0) is 6.54 Å². The second-order valence-electron chi connectivity index (χ2n) is 5.74. The summed E-state index contributed by atoms with van der Waals surface area (Å²) in [7, 11) is 0. The van der Waals surface area contributed by atoms with Crippen molar-refractivity contribution in [2.75, 3.05) is 13.2 Å². The minimum Gasteiger partial charge on any atom is -0.493 e. The molecule has 0 saturated carbocycles. The average Bonchev–Trinajstić information content (AvgIpc) is 3.01. The summed E-state index contributed by atoms with van der Waals surface area (Å²) in [6.07, 6.45) is 6.48. The fraction of sp³-hybridized carbons (Fsp3) is 0.474. The molecule has 120 valence electrons. The van der Waals surface area contributed by atoms with E-state index >= 15 is 0 Å². The first-order chi connectivity index (χ1) is 10.8. The summed E-state index contributed by atoms with van der Waals surface area (Å²) in [5.41, 5.74) is 2.45. The van der Waals surface area contributed by atoms with Gasteiger partial charge in [-0.25, -0.2) is 0 Å². The van der Waals surface area contributed by atoms with Gasteiger partial charge in [0.1, 0.15) is 11.5 Å². The zero-order valence-electron chi connectivity index (χ0n) is 13.7. The van der Waals surface area contributed by atoms with Crippen molar-refractivity contribution in [3.8, 4) is 5.75 Å². The van der Waals surface area contributed by atoms with Gasteiger partial charge in [-0.15, -0.1) is 0 Å². The van der Waals surface area contributed by atoms with E-state index in [1.807, 2.05) is 12.1 Å². The van der Waals surface area contributed by atoms with Gasteiger partial charge in [0.05, 0.1) is 19.4 Å². The van der Waals surface area contributed by atoms with Crippen LogP contribution < -0.4 is 10.1 Å². The molecule has 22 heavy (non-hydrogen) atoms. The molecule has 1 heterocycles. The van der Waals surface area contributed by atoms with Gasteiger partial charge in [-0.2, -0.15) is 0 Å². The van der Waals surface area contributed by atoms with E-state index in [0.29, 0.717) is 0 Å². The summed E-state index contributed by atoms with van der Waals surface area (Å²) in [5.74, 6) is 2.06. The molecule has 3 heteroatoms. The number of furan rings is 1. The van der Waals surface area contributed by atoms with Gasteiger partial charge in [0.15, 0.2) is 0 Å². The van der Waals surface area contributed by atoms with Crippen LogP contribution in [0.5, 0.6) is 5.75 Å². The summed E-state index contributed by atoms with van der Waals surface area (Å²) < 4.78 is 11.2. The molecule has 0 spiro atoms. The van der Waals surface area contributed by atoms with Gasteiger partial charge >= 0.3 is 0 Å². The molecule has 1 aromatic heterocycles. The highest BCUT2D eigenvalue weighted by atomic mass is 16.5. The summed E-state index contributed by atoms with van der Waals surface area (Å²) in [6.45, 7) is 6.88. The molecule has 0 aliphatic heterocycles. The molecule has 0 atom stereocenters. The SMILES string of the molecule is Cc1cccc(C)c1OCCCCCCNCc1ccco1. The number of hydrogen-bond acceptors (Lipinski definition) is 3. The summed E-state index contributed by atoms with van der Waals surface area (Å²) in [5, 5.41) is 3.39. The maximum atomic E-state index is 5.92. The molecule has 0 bridgehead atoms. The zero-order valence-corrected chi connectivity index (χ0v) is 13.7. The van der Waals surface area contributed by atoms with Crippen molar-refractivity contribution in [1.82, 2.24) is 5.32 Å². The molecule has 0 aliphatic rings. The van der Waals surface area contributed by atoms with Crippen molar-refractivity contribution < 1.29 is 9.15 Å². The Labute approximate surface area is 133 Å². The lowest BCUT2D eigenvalue weighted by molar-refractivity contribution is 0.300. The van der Waals surface area contributed by atoms with Gasteiger partial charge in [0, 0.05) is 0 Å². The van der Waals surface area contributed by atoms with Gasteiger partial charge < -0.3 is 14.5 Å². The standard InChI is InChI=1S/C19H27NO2/c1-16-9-7-10-17(2)19(16)22-13-6-4-3-5-12-20-15-18-11-8-14-21-18/h7-11,14,20H,3-6,12-13,15H2,1-2H3. The molecule has 0 amide bonds. The van der Waals surface area contributed by atoms with Crippen LogP contribution in [0.2, 0.25) is 0 Å². The first-order valence-electron chi connectivity index (χ1n) is 8.19. The fourth-order valence-corrected chi connectivity index (χ4v) is 2.53. The van der Waals surface area contributed by atoms with E-state index in [1.165, 1.54) is 30.4 Å². The Hall–Kier alpha value is -1.74. The molecule has 2 aromatic rings. The highest BCUT2D eigenvalue weighted by Crippen LogP contribution is 2.22. The lowest BCUT2D eigenvalue weighted by Gasteiger charge is -2.11. The van der Waals surface area contributed by atoms with Crippen LogP contribution >= 0.6 is 0 Å². The predicted molar refractivity (Wildman–Crippen MR) is 90.3 cm³/mol. The molecule has 0 fully saturated rings. The van der Waals surface area contributed by atoms with Gasteiger partial charge in [0.25, 0.3) is 0 Å². The maximum absolute atomic E-state index is 5.92. The molecule has 0 unspecified atom stereocenters. The lowest BCUT2D eigenvalue weighted by Crippen LogP contribution is -2.14. The third-order valence-electron chi connectivity index (χ3n) is 3.78. The fourth-order valence-electron chi connectivity index (χ4n) is 2.53. The molecule has 0 aliphatic carbocycles. The number of para-hydroxylation sites is 1. The minimum atomic E-state index is 0.811. The van der Waals surface area contributed by atoms with Gasteiger partial charge in [0.2, 0.25) is 0 Å². The molecule has 1 aromatic carbocycles. The Morgan fingerprint density at radius 3 is 2.45 bits per heavy atom. The monoisotopic (exact) mass is 301 g/mol. The van der Waals surface area contributed by atoms with Crippen LogP contribution in [-0.4, -0.2) is 13.2 Å². The number of unbranched alkanes of at least 4 members (excludes halogenated alkanes) is 3. The van der Waals surface area contributed by atoms with Gasteiger partial charge in [-0.1, -0.05) is 31.0 Å². The third-order valence-corrected chi connectivity index (χ3v) is 3.78. The Bertz CT molecular complexity index is 514. The number of rotatable bonds is 10. The van der Waals surface area contributed by atoms with Gasteiger partial charge in [-0.05, 0) is 56.5 Å². The largest absolute Gasteiger partial charge is 0.493 e. The van der Waals surface area contributed by atoms with Crippen molar-refractivity contribution in [3.05, 3.63) is 53.5 Å². The third kappa shape index (κ3) is 5.57. The lowest BCUT2D eigenvalue weighted by atomic mass is 10.1. The van der Waals surface area contributed by atoms with Crippen molar-refractivity contribution in [2.45, 2.75) is 46.1 Å². The minimum absolute atomic E-state index is 0.811. The second-order valence-corrected chi connectivity index (χ2v) is 5.74. The molecule has 3 nitrogen and oxygen atoms in total. The van der Waals surface area contributed by atoms with Crippen LogP contribution in [0.4, 0.5) is 0 Å². The Morgan fingerprint density at radius 2 is 1.73 bits per heavy atom. The van der Waals surface area contributed by atoms with Crippen molar-refractivity contribution in [2.24, 2.45) is 0 Å². The van der Waals surface area contributed by atoms with E-state index in [2.05, 4.69) is 37.4 Å². The topological polar surface area (TPSA) is 34.4 Å². The summed E-state index contributed by atoms with van der Waals surface area (Å²) >= 11 is 0. The number of aryl methyl sites for hydroxylation is 2. The Morgan fingerprint density at radius 1 is 0.955 bits per heavy atom. The van der Waals surface area contributed by atoms with Crippen molar-refractivity contribution in [3.63, 3.8) is 0 Å². The van der Waals surface area contributed by atoms with E-state index in [4.69, 9.17) is 9.15 Å². The Balaban J connectivity index is 1.47. The zero-order chi connectivity index (χ0) is 15.6. The smallest absolute Gasteiger partial charge is 0.125 e. The highest BCUT2D eigenvalue weighted by Gasteiger charge is 2.02. The molecule has 1 N–H and O–H groups in total. The summed E-state index contributed by atoms with van der Waals surface area (Å²) in [4.78, 5) is 0. The van der Waals surface area contributed by atoms with E-state index in [0.717, 1.165) is 37.6 Å². The van der Waals surface area contributed by atoms with Crippen LogP contribution in [0.3, 0.4) is 0 Å². The Kier molecular flexibility index (Phi) is 7.04. The molecule has 0 radical (unpaired) electrons. The average molecular weight is 301 g/mol. The number of benzene rings is 1. The molecular weight excluding hydrogens is 274 g/mol. The maximum Gasteiger partial charge on any atom is 0.125 e. The first kappa shape index (κ1) is 16.6. The number of nitrogens with one attached hydrogen (secondary N) is 1. The highest BCUT2D eigenvalue weighted by molar-refractivity contribution is 5.39. The van der Waals surface area contributed by atoms with Crippen molar-refractivity contribution >= 4 is 0 Å².